The summed E-state index contributed by atoms with van der Waals surface area (Å²) in [6.07, 6.45) is 0.617. The molecule has 5 nitrogen and oxygen atoms in total. The van der Waals surface area contributed by atoms with Crippen molar-refractivity contribution < 1.29 is 9.84 Å². The normalized spacial score (nSPS) is 18.3. The van der Waals surface area contributed by atoms with E-state index in [0.29, 0.717) is 6.54 Å². The summed E-state index contributed by atoms with van der Waals surface area (Å²) < 4.78 is 7.46. The Hall–Kier alpha value is -2.37. The number of likely N-dealkylation sites (tertiary alicyclic amines) is 1. The van der Waals surface area contributed by atoms with Crippen LogP contribution < -0.4 is 4.74 Å². The van der Waals surface area contributed by atoms with Gasteiger partial charge in [-0.2, -0.15) is 0 Å². The molecule has 5 heteroatoms. The van der Waals surface area contributed by atoms with Crippen LogP contribution in [0.1, 0.15) is 12.2 Å². The number of para-hydroxylation sites is 2. The molecule has 2 heterocycles. The van der Waals surface area contributed by atoms with Crippen molar-refractivity contribution in [3.8, 4) is 11.4 Å². The summed E-state index contributed by atoms with van der Waals surface area (Å²) in [5, 5.41) is 9.78. The van der Waals surface area contributed by atoms with Crippen molar-refractivity contribution in [2.75, 3.05) is 20.2 Å². The van der Waals surface area contributed by atoms with Crippen molar-refractivity contribution >= 4 is 11.0 Å². The molecule has 4 rings (SSSR count). The van der Waals surface area contributed by atoms with Gasteiger partial charge in [0.05, 0.1) is 30.8 Å². The fourth-order valence-electron chi connectivity index (χ4n) is 3.36. The summed E-state index contributed by atoms with van der Waals surface area (Å²) in [6, 6.07) is 16.2. The first-order chi connectivity index (χ1) is 11.7. The summed E-state index contributed by atoms with van der Waals surface area (Å²) in [6.45, 7) is 2.36. The molecule has 1 atom stereocenters. The Morgan fingerprint density at radius 2 is 1.96 bits per heavy atom. The number of nitrogens with zero attached hydrogens (tertiary/aromatic N) is 3. The van der Waals surface area contributed by atoms with Crippen molar-refractivity contribution in [2.45, 2.75) is 19.1 Å². The first-order valence-electron chi connectivity index (χ1n) is 8.26. The van der Waals surface area contributed by atoms with E-state index in [1.807, 2.05) is 30.3 Å². The molecule has 1 aliphatic rings. The smallest absolute Gasteiger partial charge is 0.128 e. The van der Waals surface area contributed by atoms with Gasteiger partial charge in [-0.3, -0.25) is 9.47 Å². The van der Waals surface area contributed by atoms with Crippen LogP contribution in [0.3, 0.4) is 0 Å². The van der Waals surface area contributed by atoms with Gasteiger partial charge in [-0.15, -0.1) is 0 Å². The lowest BCUT2D eigenvalue weighted by Crippen LogP contribution is -2.23. The van der Waals surface area contributed by atoms with E-state index in [2.05, 4.69) is 27.7 Å². The number of aliphatic hydroxyl groups is 1. The van der Waals surface area contributed by atoms with E-state index >= 15 is 0 Å². The molecular formula is C19H21N3O2. The zero-order valence-corrected chi connectivity index (χ0v) is 13.7. The van der Waals surface area contributed by atoms with E-state index in [1.54, 1.807) is 7.11 Å². The molecule has 0 unspecified atom stereocenters. The minimum absolute atomic E-state index is 0.219. The Balaban J connectivity index is 1.77. The molecule has 0 aliphatic carbocycles. The molecular weight excluding hydrogens is 302 g/mol. The lowest BCUT2D eigenvalue weighted by atomic mass is 10.2. The highest BCUT2D eigenvalue weighted by atomic mass is 16.5. The Morgan fingerprint density at radius 3 is 2.67 bits per heavy atom. The zero-order chi connectivity index (χ0) is 16.5. The van der Waals surface area contributed by atoms with Crippen molar-refractivity contribution in [1.29, 1.82) is 0 Å². The van der Waals surface area contributed by atoms with Crippen LogP contribution in [0.4, 0.5) is 0 Å². The Kier molecular flexibility index (Phi) is 3.96. The minimum atomic E-state index is -0.219. The van der Waals surface area contributed by atoms with Crippen LogP contribution >= 0.6 is 0 Å². The second kappa shape index (κ2) is 6.26. The summed E-state index contributed by atoms with van der Waals surface area (Å²) in [7, 11) is 1.67. The molecule has 3 aromatic rings. The quantitative estimate of drug-likeness (QED) is 0.802. The SMILES string of the molecule is COc1ccc(-n2c(CN3CC[C@H](O)C3)nc3ccccc32)cc1. The summed E-state index contributed by atoms with van der Waals surface area (Å²) >= 11 is 0. The van der Waals surface area contributed by atoms with E-state index in [9.17, 15) is 5.11 Å². The monoisotopic (exact) mass is 323 g/mol. The van der Waals surface area contributed by atoms with E-state index in [1.165, 1.54) is 0 Å². The number of aromatic nitrogens is 2. The van der Waals surface area contributed by atoms with Crippen LogP contribution in [0, 0.1) is 0 Å². The van der Waals surface area contributed by atoms with Gasteiger partial charge < -0.3 is 9.84 Å². The number of β-amino-alcohol motifs (C(OH)–C–C–N with tert-alkyl or cyclic N) is 1. The zero-order valence-electron chi connectivity index (χ0n) is 13.7. The van der Waals surface area contributed by atoms with Gasteiger partial charge in [0.1, 0.15) is 11.6 Å². The Morgan fingerprint density at radius 1 is 1.17 bits per heavy atom. The Labute approximate surface area is 141 Å². The molecule has 1 aliphatic heterocycles. The maximum atomic E-state index is 9.78. The predicted octanol–water partition coefficient (Wildman–Crippen LogP) is 2.60. The molecule has 1 N–H and O–H groups in total. The molecule has 0 bridgehead atoms. The van der Waals surface area contributed by atoms with E-state index in [4.69, 9.17) is 9.72 Å². The molecule has 0 spiro atoms. The molecule has 0 amide bonds. The van der Waals surface area contributed by atoms with Crippen molar-refractivity contribution in [1.82, 2.24) is 14.5 Å². The van der Waals surface area contributed by atoms with Crippen molar-refractivity contribution in [3.63, 3.8) is 0 Å². The van der Waals surface area contributed by atoms with E-state index in [-0.39, 0.29) is 6.10 Å². The van der Waals surface area contributed by atoms with Gasteiger partial charge in [-0.25, -0.2) is 4.98 Å². The Bertz CT molecular complexity index is 841. The predicted molar refractivity (Wildman–Crippen MR) is 93.5 cm³/mol. The third-order valence-corrected chi connectivity index (χ3v) is 4.57. The number of hydrogen-bond donors (Lipinski definition) is 1. The number of methoxy groups -OCH3 is 1. The second-order valence-electron chi connectivity index (χ2n) is 6.23. The van der Waals surface area contributed by atoms with Crippen LogP contribution in [0.5, 0.6) is 5.75 Å². The van der Waals surface area contributed by atoms with Crippen LogP contribution in [0.2, 0.25) is 0 Å². The molecule has 0 radical (unpaired) electrons. The first-order valence-corrected chi connectivity index (χ1v) is 8.26. The van der Waals surface area contributed by atoms with Gasteiger partial charge in [0.2, 0.25) is 0 Å². The van der Waals surface area contributed by atoms with Crippen molar-refractivity contribution in [3.05, 3.63) is 54.4 Å². The number of aliphatic hydroxyl groups excluding tert-OH is 1. The molecule has 24 heavy (non-hydrogen) atoms. The highest BCUT2D eigenvalue weighted by Gasteiger charge is 2.22. The summed E-state index contributed by atoms with van der Waals surface area (Å²) in [5.74, 6) is 1.84. The molecule has 124 valence electrons. The molecule has 1 aromatic heterocycles. The molecule has 1 fully saturated rings. The lowest BCUT2D eigenvalue weighted by Gasteiger charge is -2.16. The fraction of sp³-hybridized carbons (Fsp3) is 0.316. The number of rotatable bonds is 4. The van der Waals surface area contributed by atoms with Crippen molar-refractivity contribution in [2.24, 2.45) is 0 Å². The molecule has 1 saturated heterocycles. The number of hydrogen-bond acceptors (Lipinski definition) is 4. The van der Waals surface area contributed by atoms with Gasteiger partial charge in [0, 0.05) is 18.8 Å². The summed E-state index contributed by atoms with van der Waals surface area (Å²) in [5.41, 5.74) is 3.15. The minimum Gasteiger partial charge on any atom is -0.497 e. The van der Waals surface area contributed by atoms with Gasteiger partial charge in [0.15, 0.2) is 0 Å². The van der Waals surface area contributed by atoms with Gasteiger partial charge in [-0.05, 0) is 42.8 Å². The average molecular weight is 323 g/mol. The number of imidazole rings is 1. The maximum absolute atomic E-state index is 9.78. The van der Waals surface area contributed by atoms with Crippen LogP contribution in [-0.4, -0.2) is 45.9 Å². The number of ether oxygens (including phenoxy) is 1. The van der Waals surface area contributed by atoms with Crippen LogP contribution in [-0.2, 0) is 6.54 Å². The summed E-state index contributed by atoms with van der Waals surface area (Å²) in [4.78, 5) is 7.08. The number of benzene rings is 2. The standard InChI is InChI=1S/C19H21N3O2/c1-24-16-8-6-14(7-9-16)22-18-5-3-2-4-17(18)20-19(22)13-21-11-10-15(23)12-21/h2-9,15,23H,10-13H2,1H3/t15-/m0/s1. The average Bonchev–Trinajstić information content (AvgIpc) is 3.18. The topological polar surface area (TPSA) is 50.5 Å². The fourth-order valence-corrected chi connectivity index (χ4v) is 3.36. The molecule has 0 saturated carbocycles. The van der Waals surface area contributed by atoms with E-state index < -0.39 is 0 Å². The number of fused-ring (bicyclic) bond motifs is 1. The largest absolute Gasteiger partial charge is 0.497 e. The van der Waals surface area contributed by atoms with Gasteiger partial charge in [0.25, 0.3) is 0 Å². The maximum Gasteiger partial charge on any atom is 0.128 e. The first kappa shape index (κ1) is 15.2. The third-order valence-electron chi connectivity index (χ3n) is 4.57. The third kappa shape index (κ3) is 2.77. The van der Waals surface area contributed by atoms with Gasteiger partial charge in [-0.1, -0.05) is 12.1 Å². The highest BCUT2D eigenvalue weighted by Crippen LogP contribution is 2.25. The molecule has 2 aromatic carbocycles. The lowest BCUT2D eigenvalue weighted by molar-refractivity contribution is 0.174. The second-order valence-corrected chi connectivity index (χ2v) is 6.23. The van der Waals surface area contributed by atoms with Crippen LogP contribution in [0.25, 0.3) is 16.7 Å². The van der Waals surface area contributed by atoms with Gasteiger partial charge >= 0.3 is 0 Å². The van der Waals surface area contributed by atoms with Crippen LogP contribution in [0.15, 0.2) is 48.5 Å². The highest BCUT2D eigenvalue weighted by molar-refractivity contribution is 5.78. The van der Waals surface area contributed by atoms with E-state index in [0.717, 1.165) is 47.8 Å².